The first kappa shape index (κ1) is 10.9. The third-order valence-electron chi connectivity index (χ3n) is 1.30. The molecule has 0 aromatic carbocycles. The number of hydrogen-bond acceptors (Lipinski definition) is 2. The number of carboxylic acids is 1. The second kappa shape index (κ2) is 6.61. The summed E-state index contributed by atoms with van der Waals surface area (Å²) in [6, 6.07) is 0. The van der Waals surface area contributed by atoms with E-state index in [9.17, 15) is 4.79 Å². The molecule has 0 aromatic heterocycles. The van der Waals surface area contributed by atoms with Crippen LogP contribution in [0.4, 0.5) is 0 Å². The lowest BCUT2D eigenvalue weighted by Gasteiger charge is -2.11. The van der Waals surface area contributed by atoms with E-state index in [2.05, 4.69) is 13.2 Å². The predicted octanol–water partition coefficient (Wildman–Crippen LogP) is 1.61. The van der Waals surface area contributed by atoms with E-state index < -0.39 is 5.97 Å². The largest absolute Gasteiger partial charge is 0.480 e. The molecule has 0 radical (unpaired) electrons. The van der Waals surface area contributed by atoms with Crippen molar-refractivity contribution in [1.29, 1.82) is 0 Å². The van der Waals surface area contributed by atoms with Crippen LogP contribution in [0.15, 0.2) is 25.3 Å². The van der Waals surface area contributed by atoms with Crippen molar-refractivity contribution in [2.75, 3.05) is 6.61 Å². The third kappa shape index (κ3) is 5.68. The Hall–Kier alpha value is -1.09. The zero-order valence-corrected chi connectivity index (χ0v) is 7.03. The van der Waals surface area contributed by atoms with Crippen molar-refractivity contribution in [3.8, 4) is 0 Å². The van der Waals surface area contributed by atoms with Crippen molar-refractivity contribution < 1.29 is 14.6 Å². The molecule has 0 unspecified atom stereocenters. The van der Waals surface area contributed by atoms with E-state index in [0.29, 0.717) is 12.8 Å². The summed E-state index contributed by atoms with van der Waals surface area (Å²) in [4.78, 5) is 10.1. The van der Waals surface area contributed by atoms with Crippen molar-refractivity contribution in [2.45, 2.75) is 18.9 Å². The summed E-state index contributed by atoms with van der Waals surface area (Å²) in [5.74, 6) is -0.951. The summed E-state index contributed by atoms with van der Waals surface area (Å²) in [5.41, 5.74) is 0. The van der Waals surface area contributed by atoms with E-state index in [1.54, 1.807) is 12.2 Å². The predicted molar refractivity (Wildman–Crippen MR) is 47.0 cm³/mol. The van der Waals surface area contributed by atoms with Gasteiger partial charge in [-0.3, -0.25) is 0 Å². The molecule has 0 rings (SSSR count). The lowest BCUT2D eigenvalue weighted by atomic mass is 10.2. The number of carboxylic acid groups (broad SMARTS) is 1. The monoisotopic (exact) mass is 170 g/mol. The summed E-state index contributed by atoms with van der Waals surface area (Å²) in [7, 11) is 0. The minimum absolute atomic E-state index is 0.101. The molecule has 3 nitrogen and oxygen atoms in total. The molecule has 3 heteroatoms. The van der Waals surface area contributed by atoms with Gasteiger partial charge < -0.3 is 9.84 Å². The zero-order chi connectivity index (χ0) is 9.40. The highest BCUT2D eigenvalue weighted by molar-refractivity contribution is 5.68. The van der Waals surface area contributed by atoms with E-state index in [-0.39, 0.29) is 12.7 Å². The van der Waals surface area contributed by atoms with Crippen LogP contribution in [0, 0.1) is 0 Å². The summed E-state index contributed by atoms with van der Waals surface area (Å²) in [6.07, 6.45) is 4.61. The highest BCUT2D eigenvalue weighted by Gasteiger charge is 2.06. The Morgan fingerprint density at radius 1 is 1.42 bits per heavy atom. The normalized spacial score (nSPS) is 9.75. The van der Waals surface area contributed by atoms with Crippen molar-refractivity contribution in [3.05, 3.63) is 25.3 Å². The minimum atomic E-state index is -0.951. The Bertz CT molecular complexity index is 153. The molecule has 0 atom stereocenters. The van der Waals surface area contributed by atoms with Gasteiger partial charge in [0.25, 0.3) is 0 Å². The molecule has 0 heterocycles. The van der Waals surface area contributed by atoms with Crippen LogP contribution in [0.3, 0.4) is 0 Å². The molecule has 68 valence electrons. The van der Waals surface area contributed by atoms with Crippen LogP contribution in [0.5, 0.6) is 0 Å². The number of carbonyl (C=O) groups is 1. The van der Waals surface area contributed by atoms with Crippen molar-refractivity contribution in [1.82, 2.24) is 0 Å². The maximum absolute atomic E-state index is 10.1. The van der Waals surface area contributed by atoms with E-state index in [1.165, 1.54) is 0 Å². The van der Waals surface area contributed by atoms with Crippen molar-refractivity contribution in [3.63, 3.8) is 0 Å². The summed E-state index contributed by atoms with van der Waals surface area (Å²) in [6.45, 7) is 6.84. The van der Waals surface area contributed by atoms with Crippen LogP contribution in [-0.2, 0) is 9.53 Å². The van der Waals surface area contributed by atoms with Crippen molar-refractivity contribution >= 4 is 5.97 Å². The van der Waals surface area contributed by atoms with Crippen LogP contribution >= 0.6 is 0 Å². The number of hydrogen-bond donors (Lipinski definition) is 1. The molecular formula is C9H14O3. The van der Waals surface area contributed by atoms with Gasteiger partial charge in [-0.25, -0.2) is 4.79 Å². The second-order valence-electron chi connectivity index (χ2n) is 2.38. The first-order chi connectivity index (χ1) is 5.70. The molecule has 0 aliphatic rings. The van der Waals surface area contributed by atoms with Crippen LogP contribution in [0.1, 0.15) is 12.8 Å². The fraction of sp³-hybridized carbons (Fsp3) is 0.444. The van der Waals surface area contributed by atoms with E-state index in [4.69, 9.17) is 9.84 Å². The smallest absolute Gasteiger partial charge is 0.329 e. The van der Waals surface area contributed by atoms with E-state index in [0.717, 1.165) is 0 Å². The molecule has 0 amide bonds. The Balaban J connectivity index is 3.68. The van der Waals surface area contributed by atoms with Gasteiger partial charge in [-0.15, -0.1) is 13.2 Å². The lowest BCUT2D eigenvalue weighted by molar-refractivity contribution is -0.144. The molecule has 0 saturated heterocycles. The summed E-state index contributed by atoms with van der Waals surface area (Å²) < 4.78 is 5.04. The van der Waals surface area contributed by atoms with Gasteiger partial charge in [0.15, 0.2) is 0 Å². The van der Waals surface area contributed by atoms with Gasteiger partial charge in [0.1, 0.15) is 6.61 Å². The number of aliphatic carboxylic acids is 1. The molecule has 0 bridgehead atoms. The first-order valence-corrected chi connectivity index (χ1v) is 3.76. The fourth-order valence-corrected chi connectivity index (χ4v) is 0.793. The fourth-order valence-electron chi connectivity index (χ4n) is 0.793. The molecule has 0 spiro atoms. The molecule has 0 aromatic rings. The molecular weight excluding hydrogens is 156 g/mol. The average Bonchev–Trinajstić information content (AvgIpc) is 2.01. The lowest BCUT2D eigenvalue weighted by Crippen LogP contribution is -2.16. The second-order valence-corrected chi connectivity index (χ2v) is 2.38. The molecule has 12 heavy (non-hydrogen) atoms. The first-order valence-electron chi connectivity index (χ1n) is 3.76. The van der Waals surface area contributed by atoms with E-state index in [1.807, 2.05) is 0 Å². The Kier molecular flexibility index (Phi) is 6.01. The van der Waals surface area contributed by atoms with Gasteiger partial charge >= 0.3 is 5.97 Å². The van der Waals surface area contributed by atoms with Gasteiger partial charge in [0.05, 0.1) is 6.10 Å². The molecule has 0 aliphatic heterocycles. The maximum Gasteiger partial charge on any atom is 0.329 e. The summed E-state index contributed by atoms with van der Waals surface area (Å²) in [5, 5.41) is 8.32. The Morgan fingerprint density at radius 3 is 2.25 bits per heavy atom. The number of rotatable bonds is 7. The van der Waals surface area contributed by atoms with Gasteiger partial charge in [-0.1, -0.05) is 12.2 Å². The average molecular weight is 170 g/mol. The third-order valence-corrected chi connectivity index (χ3v) is 1.30. The van der Waals surface area contributed by atoms with Crippen LogP contribution < -0.4 is 0 Å². The van der Waals surface area contributed by atoms with Crippen LogP contribution in [0.25, 0.3) is 0 Å². The highest BCUT2D eigenvalue weighted by atomic mass is 16.5. The topological polar surface area (TPSA) is 46.5 Å². The SMILES string of the molecule is C=CCC(CC=C)OCC(=O)O. The van der Waals surface area contributed by atoms with Crippen LogP contribution in [0.2, 0.25) is 0 Å². The Morgan fingerprint density at radius 2 is 1.92 bits per heavy atom. The van der Waals surface area contributed by atoms with Gasteiger partial charge in [0.2, 0.25) is 0 Å². The summed E-state index contributed by atoms with van der Waals surface area (Å²) >= 11 is 0. The standard InChI is InChI=1S/C9H14O3/c1-3-5-8(6-4-2)12-7-9(10)11/h3-4,8H,1-2,5-7H2,(H,10,11). The van der Waals surface area contributed by atoms with Gasteiger partial charge in [-0.05, 0) is 12.8 Å². The van der Waals surface area contributed by atoms with Crippen molar-refractivity contribution in [2.24, 2.45) is 0 Å². The molecule has 0 fully saturated rings. The minimum Gasteiger partial charge on any atom is -0.480 e. The van der Waals surface area contributed by atoms with E-state index >= 15 is 0 Å². The highest BCUT2D eigenvalue weighted by Crippen LogP contribution is 2.04. The Labute approximate surface area is 72.3 Å². The van der Waals surface area contributed by atoms with Gasteiger partial charge in [-0.2, -0.15) is 0 Å². The van der Waals surface area contributed by atoms with Crippen LogP contribution in [-0.4, -0.2) is 23.8 Å². The quantitative estimate of drug-likeness (QED) is 0.590. The van der Waals surface area contributed by atoms with Gasteiger partial charge in [0, 0.05) is 0 Å². The maximum atomic E-state index is 10.1. The zero-order valence-electron chi connectivity index (χ0n) is 7.03. The molecule has 0 aliphatic carbocycles. The molecule has 1 N–H and O–H groups in total. The molecule has 0 saturated carbocycles. The number of ether oxygens (including phenoxy) is 1.